The van der Waals surface area contributed by atoms with Gasteiger partial charge >= 0.3 is 0 Å². The minimum absolute atomic E-state index is 0.463. The SMILES string of the molecule is Cc1cc2c(cc1C)N(C)C(C)CO2. The molecule has 1 heterocycles. The summed E-state index contributed by atoms with van der Waals surface area (Å²) in [6.45, 7) is 7.23. The summed E-state index contributed by atoms with van der Waals surface area (Å²) >= 11 is 0. The molecule has 0 spiro atoms. The van der Waals surface area contributed by atoms with Crippen molar-refractivity contribution in [3.05, 3.63) is 23.3 Å². The molecule has 2 rings (SSSR count). The number of nitrogens with zero attached hydrogens (tertiary/aromatic N) is 1. The highest BCUT2D eigenvalue weighted by Gasteiger charge is 2.21. The zero-order valence-corrected chi connectivity index (χ0v) is 9.29. The molecule has 1 aliphatic rings. The van der Waals surface area contributed by atoms with Crippen LogP contribution in [0.2, 0.25) is 0 Å². The molecule has 0 saturated carbocycles. The molecule has 1 aliphatic heterocycles. The molecular weight excluding hydrogens is 174 g/mol. The van der Waals surface area contributed by atoms with Gasteiger partial charge in [0.15, 0.2) is 0 Å². The number of likely N-dealkylation sites (N-methyl/N-ethyl adjacent to an activating group) is 1. The topological polar surface area (TPSA) is 12.5 Å². The normalized spacial score (nSPS) is 20.3. The first-order valence-corrected chi connectivity index (χ1v) is 5.06. The summed E-state index contributed by atoms with van der Waals surface area (Å²) in [7, 11) is 2.13. The third-order valence-corrected chi connectivity index (χ3v) is 3.10. The summed E-state index contributed by atoms with van der Waals surface area (Å²) in [6.07, 6.45) is 0. The second kappa shape index (κ2) is 3.19. The van der Waals surface area contributed by atoms with Crippen molar-refractivity contribution in [3.8, 4) is 5.75 Å². The van der Waals surface area contributed by atoms with Crippen molar-refractivity contribution in [2.45, 2.75) is 26.8 Å². The first kappa shape index (κ1) is 9.38. The van der Waals surface area contributed by atoms with Gasteiger partial charge in [0.05, 0.1) is 11.7 Å². The second-order valence-electron chi connectivity index (χ2n) is 4.18. The molecule has 0 fully saturated rings. The van der Waals surface area contributed by atoms with E-state index in [0.717, 1.165) is 12.4 Å². The van der Waals surface area contributed by atoms with Crippen LogP contribution in [-0.2, 0) is 0 Å². The van der Waals surface area contributed by atoms with Gasteiger partial charge in [-0.05, 0) is 44.0 Å². The molecule has 0 bridgehead atoms. The van der Waals surface area contributed by atoms with Crippen LogP contribution in [-0.4, -0.2) is 19.7 Å². The number of rotatable bonds is 0. The maximum absolute atomic E-state index is 5.70. The Morgan fingerprint density at radius 3 is 2.64 bits per heavy atom. The summed E-state index contributed by atoms with van der Waals surface area (Å²) in [4.78, 5) is 2.28. The molecule has 14 heavy (non-hydrogen) atoms. The fourth-order valence-corrected chi connectivity index (χ4v) is 1.73. The maximum atomic E-state index is 5.70. The molecule has 0 radical (unpaired) electrons. The number of fused-ring (bicyclic) bond motifs is 1. The molecule has 0 amide bonds. The fourth-order valence-electron chi connectivity index (χ4n) is 1.73. The largest absolute Gasteiger partial charge is 0.489 e. The lowest BCUT2D eigenvalue weighted by molar-refractivity contribution is 0.274. The lowest BCUT2D eigenvalue weighted by Crippen LogP contribution is -2.38. The van der Waals surface area contributed by atoms with Crippen LogP contribution < -0.4 is 9.64 Å². The molecule has 0 saturated heterocycles. The highest BCUT2D eigenvalue weighted by Crippen LogP contribution is 2.34. The van der Waals surface area contributed by atoms with E-state index >= 15 is 0 Å². The number of hydrogen-bond acceptors (Lipinski definition) is 2. The van der Waals surface area contributed by atoms with Gasteiger partial charge in [-0.15, -0.1) is 0 Å². The average molecular weight is 191 g/mol. The summed E-state index contributed by atoms with van der Waals surface area (Å²) in [6, 6.07) is 4.80. The molecular formula is C12H17NO. The lowest BCUT2D eigenvalue weighted by atomic mass is 10.1. The molecule has 76 valence electrons. The van der Waals surface area contributed by atoms with Gasteiger partial charge in [-0.25, -0.2) is 0 Å². The summed E-state index contributed by atoms with van der Waals surface area (Å²) in [5.74, 6) is 1.02. The summed E-state index contributed by atoms with van der Waals surface area (Å²) < 4.78 is 5.70. The minimum atomic E-state index is 0.463. The third kappa shape index (κ3) is 1.35. The van der Waals surface area contributed by atoms with E-state index in [1.165, 1.54) is 16.8 Å². The van der Waals surface area contributed by atoms with Crippen molar-refractivity contribution >= 4 is 5.69 Å². The average Bonchev–Trinajstić information content (AvgIpc) is 2.15. The van der Waals surface area contributed by atoms with E-state index in [1.54, 1.807) is 0 Å². The highest BCUT2D eigenvalue weighted by molar-refractivity contribution is 5.63. The van der Waals surface area contributed by atoms with E-state index in [2.05, 4.69) is 44.9 Å². The van der Waals surface area contributed by atoms with Crippen LogP contribution in [0.3, 0.4) is 0 Å². The van der Waals surface area contributed by atoms with Crippen LogP contribution >= 0.6 is 0 Å². The Hall–Kier alpha value is -1.18. The van der Waals surface area contributed by atoms with E-state index in [-0.39, 0.29) is 0 Å². The number of benzene rings is 1. The van der Waals surface area contributed by atoms with Gasteiger partial charge in [-0.1, -0.05) is 0 Å². The predicted molar refractivity (Wildman–Crippen MR) is 59.3 cm³/mol. The number of ether oxygens (including phenoxy) is 1. The van der Waals surface area contributed by atoms with Crippen molar-refractivity contribution in [1.29, 1.82) is 0 Å². The molecule has 0 N–H and O–H groups in total. The molecule has 1 aromatic carbocycles. The number of aryl methyl sites for hydroxylation is 2. The van der Waals surface area contributed by atoms with Gasteiger partial charge in [0.1, 0.15) is 12.4 Å². The highest BCUT2D eigenvalue weighted by atomic mass is 16.5. The Kier molecular flexibility index (Phi) is 2.14. The third-order valence-electron chi connectivity index (χ3n) is 3.10. The molecule has 1 aromatic rings. The van der Waals surface area contributed by atoms with Crippen molar-refractivity contribution in [2.24, 2.45) is 0 Å². The first-order valence-electron chi connectivity index (χ1n) is 5.06. The van der Waals surface area contributed by atoms with Gasteiger partial charge < -0.3 is 9.64 Å². The summed E-state index contributed by atoms with van der Waals surface area (Å²) in [5.41, 5.74) is 3.84. The molecule has 1 atom stereocenters. The standard InChI is InChI=1S/C12H17NO/c1-8-5-11-12(6-9(8)2)14-7-10(3)13(11)4/h5-6,10H,7H2,1-4H3. The second-order valence-corrected chi connectivity index (χ2v) is 4.18. The molecule has 2 heteroatoms. The molecule has 0 aliphatic carbocycles. The van der Waals surface area contributed by atoms with Crippen LogP contribution in [0.4, 0.5) is 5.69 Å². The Labute approximate surface area is 85.5 Å². The van der Waals surface area contributed by atoms with Crippen molar-refractivity contribution < 1.29 is 4.74 Å². The minimum Gasteiger partial charge on any atom is -0.489 e. The molecule has 1 unspecified atom stereocenters. The predicted octanol–water partition coefficient (Wildman–Crippen LogP) is 2.52. The number of hydrogen-bond donors (Lipinski definition) is 0. The van der Waals surface area contributed by atoms with Crippen LogP contribution in [0.15, 0.2) is 12.1 Å². The van der Waals surface area contributed by atoms with Crippen LogP contribution in [0.1, 0.15) is 18.1 Å². The van der Waals surface area contributed by atoms with Gasteiger partial charge in [0.25, 0.3) is 0 Å². The van der Waals surface area contributed by atoms with Crippen LogP contribution in [0.25, 0.3) is 0 Å². The lowest BCUT2D eigenvalue weighted by Gasteiger charge is -2.34. The van der Waals surface area contributed by atoms with Crippen molar-refractivity contribution in [2.75, 3.05) is 18.6 Å². The Morgan fingerprint density at radius 2 is 1.93 bits per heavy atom. The van der Waals surface area contributed by atoms with E-state index in [1.807, 2.05) is 0 Å². The van der Waals surface area contributed by atoms with E-state index in [9.17, 15) is 0 Å². The summed E-state index contributed by atoms with van der Waals surface area (Å²) in [5, 5.41) is 0. The smallest absolute Gasteiger partial charge is 0.142 e. The Balaban J connectivity index is 2.50. The molecule has 2 nitrogen and oxygen atoms in total. The first-order chi connectivity index (χ1) is 6.59. The zero-order valence-electron chi connectivity index (χ0n) is 9.29. The zero-order chi connectivity index (χ0) is 10.3. The monoisotopic (exact) mass is 191 g/mol. The quantitative estimate of drug-likeness (QED) is 0.624. The fraction of sp³-hybridized carbons (Fsp3) is 0.500. The molecule has 0 aromatic heterocycles. The number of anilines is 1. The van der Waals surface area contributed by atoms with E-state index in [4.69, 9.17) is 4.74 Å². The van der Waals surface area contributed by atoms with Crippen molar-refractivity contribution in [1.82, 2.24) is 0 Å². The van der Waals surface area contributed by atoms with Gasteiger partial charge in [-0.2, -0.15) is 0 Å². The Bertz CT molecular complexity index is 360. The van der Waals surface area contributed by atoms with Gasteiger partial charge in [0, 0.05) is 7.05 Å². The van der Waals surface area contributed by atoms with Crippen LogP contribution in [0, 0.1) is 13.8 Å². The maximum Gasteiger partial charge on any atom is 0.142 e. The van der Waals surface area contributed by atoms with Gasteiger partial charge in [0.2, 0.25) is 0 Å². The van der Waals surface area contributed by atoms with Crippen molar-refractivity contribution in [3.63, 3.8) is 0 Å². The van der Waals surface area contributed by atoms with E-state index in [0.29, 0.717) is 6.04 Å². The Morgan fingerprint density at radius 1 is 1.29 bits per heavy atom. The van der Waals surface area contributed by atoms with E-state index < -0.39 is 0 Å². The van der Waals surface area contributed by atoms with Crippen LogP contribution in [0.5, 0.6) is 5.75 Å². The van der Waals surface area contributed by atoms with Gasteiger partial charge in [-0.3, -0.25) is 0 Å².